The van der Waals surface area contributed by atoms with Crippen LogP contribution < -0.4 is 16.5 Å². The summed E-state index contributed by atoms with van der Waals surface area (Å²) in [6.07, 6.45) is -0.673. The minimum absolute atomic E-state index is 0.142. The molecule has 3 amide bonds. The molecule has 41 heavy (non-hydrogen) atoms. The quantitative estimate of drug-likeness (QED) is 0.136. The number of nitrogens with one attached hydrogen (secondary N) is 2. The predicted octanol–water partition coefficient (Wildman–Crippen LogP) is 0.657. The van der Waals surface area contributed by atoms with Crippen LogP contribution in [0.5, 0.6) is 0 Å². The molecule has 1 fully saturated rings. The van der Waals surface area contributed by atoms with Crippen molar-refractivity contribution in [3.8, 4) is 0 Å². The van der Waals surface area contributed by atoms with Crippen molar-refractivity contribution >= 4 is 58.1 Å². The van der Waals surface area contributed by atoms with Crippen LogP contribution in [0.1, 0.15) is 32.5 Å². The summed E-state index contributed by atoms with van der Waals surface area (Å²) < 4.78 is 28.0. The molecule has 0 spiro atoms. The lowest BCUT2D eigenvalue weighted by molar-refractivity contribution is -0.173. The van der Waals surface area contributed by atoms with E-state index < -0.39 is 66.4 Å². The van der Waals surface area contributed by atoms with Crippen LogP contribution in [0.4, 0.5) is 14.3 Å². The fourth-order valence-corrected chi connectivity index (χ4v) is 5.43. The third-order valence-electron chi connectivity index (χ3n) is 5.62. The first-order valence-corrected chi connectivity index (χ1v) is 14.0. The maximum absolute atomic E-state index is 13.2. The number of hydrogen-bond donors (Lipinski definition) is 3. The van der Waals surface area contributed by atoms with Gasteiger partial charge in [-0.3, -0.25) is 24.1 Å². The first-order valence-electron chi connectivity index (χ1n) is 12.1. The van der Waals surface area contributed by atoms with Crippen LogP contribution in [0.15, 0.2) is 16.7 Å². The Labute approximate surface area is 242 Å². The molecular formula is C23H31FN6O9S2. The monoisotopic (exact) mass is 618 g/mol. The van der Waals surface area contributed by atoms with Gasteiger partial charge in [-0.25, -0.2) is 19.0 Å². The van der Waals surface area contributed by atoms with Gasteiger partial charge >= 0.3 is 18.0 Å². The van der Waals surface area contributed by atoms with Crippen LogP contribution in [0.3, 0.4) is 0 Å². The highest BCUT2D eigenvalue weighted by Gasteiger charge is 2.55. The smallest absolute Gasteiger partial charge is 0.409 e. The molecule has 0 saturated carbocycles. The molecule has 2 unspecified atom stereocenters. The van der Waals surface area contributed by atoms with Crippen LogP contribution in [0.2, 0.25) is 0 Å². The number of hydrogen-bond acceptors (Lipinski definition) is 14. The summed E-state index contributed by atoms with van der Waals surface area (Å²) in [6.45, 7) is 2.62. The topological polar surface area (TPSA) is 192 Å². The molecule has 2 aliphatic rings. The molecule has 1 aromatic heterocycles. The standard InChI is InChI=1S/C23H31FN6O9S2/c1-23(2,3)20(34)38-10-37-19(33)15-11(6-36-22(35)29(4)5)7-40-18-14(17(32)30(15)18)27-16(31)13(28-39-9-24)12-8-41-21(25)26-12/h8,13-14,18,28H,6-7,9-10H2,1-5H3,(H2,25,26)(H,27,31)/t13?,14?,18-/m0/s1. The van der Waals surface area contributed by atoms with Crippen molar-refractivity contribution < 1.29 is 47.4 Å². The number of alkyl halides is 1. The highest BCUT2D eigenvalue weighted by Crippen LogP contribution is 2.41. The zero-order valence-corrected chi connectivity index (χ0v) is 24.6. The van der Waals surface area contributed by atoms with Crippen molar-refractivity contribution in [2.45, 2.75) is 38.2 Å². The second-order valence-corrected chi connectivity index (χ2v) is 11.9. The average Bonchev–Trinajstić information content (AvgIpc) is 3.34. The van der Waals surface area contributed by atoms with E-state index in [0.29, 0.717) is 0 Å². The zero-order valence-electron chi connectivity index (χ0n) is 22.9. The van der Waals surface area contributed by atoms with E-state index in [4.69, 9.17) is 19.9 Å². The number of nitrogens with two attached hydrogens (primary N) is 1. The molecule has 226 valence electrons. The van der Waals surface area contributed by atoms with Gasteiger partial charge < -0.3 is 30.2 Å². The van der Waals surface area contributed by atoms with E-state index in [1.807, 2.05) is 0 Å². The molecule has 4 N–H and O–H groups in total. The molecule has 18 heteroatoms. The van der Waals surface area contributed by atoms with Crippen LogP contribution >= 0.6 is 23.1 Å². The molecule has 0 aliphatic carbocycles. The van der Waals surface area contributed by atoms with Gasteiger partial charge in [-0.1, -0.05) is 0 Å². The lowest BCUT2D eigenvalue weighted by atomic mass is 9.98. The van der Waals surface area contributed by atoms with E-state index in [-0.39, 0.29) is 34.5 Å². The summed E-state index contributed by atoms with van der Waals surface area (Å²) >= 11 is 2.26. The second-order valence-electron chi connectivity index (χ2n) is 9.94. The normalized spacial score (nSPS) is 19.1. The maximum atomic E-state index is 13.2. The van der Waals surface area contributed by atoms with Gasteiger partial charge in [0.1, 0.15) is 23.7 Å². The Kier molecular flexibility index (Phi) is 10.5. The summed E-state index contributed by atoms with van der Waals surface area (Å²) in [5, 5.41) is 3.47. The van der Waals surface area contributed by atoms with E-state index in [0.717, 1.165) is 16.2 Å². The van der Waals surface area contributed by atoms with Gasteiger partial charge in [0, 0.05) is 30.8 Å². The number of aromatic nitrogens is 1. The number of amides is 3. The van der Waals surface area contributed by atoms with E-state index in [1.165, 1.54) is 36.1 Å². The van der Waals surface area contributed by atoms with Gasteiger partial charge in [-0.05, 0) is 20.8 Å². The minimum Gasteiger partial charge on any atom is -0.445 e. The molecule has 3 atom stereocenters. The lowest BCUT2D eigenvalue weighted by Crippen LogP contribution is -2.71. The number of carbonyl (C=O) groups excluding carboxylic acids is 5. The first-order chi connectivity index (χ1) is 19.3. The number of nitrogens with zero attached hydrogens (tertiary/aromatic N) is 3. The Morgan fingerprint density at radius 3 is 2.54 bits per heavy atom. The van der Waals surface area contributed by atoms with Crippen molar-refractivity contribution in [1.82, 2.24) is 25.6 Å². The summed E-state index contributed by atoms with van der Waals surface area (Å²) in [4.78, 5) is 74.3. The largest absolute Gasteiger partial charge is 0.445 e. The number of carbonyl (C=O) groups is 5. The fraction of sp³-hybridized carbons (Fsp3) is 0.565. The average molecular weight is 619 g/mol. The number of halogens is 1. The van der Waals surface area contributed by atoms with Crippen LogP contribution in [0, 0.1) is 5.41 Å². The molecule has 1 aromatic rings. The van der Waals surface area contributed by atoms with Crippen molar-refractivity contribution in [2.75, 3.05) is 45.8 Å². The number of nitrogen functional groups attached to an aromatic ring is 1. The SMILES string of the molecule is CN(C)C(=O)OCC1=C(C(=O)OCOC(=O)C(C)(C)C)N2C(=O)C(NC(=O)C(NOCF)c3csc(N)n3)[C@@H]2SC1. The number of fused-ring (bicyclic) bond motifs is 1. The molecule has 0 radical (unpaired) electrons. The van der Waals surface area contributed by atoms with Gasteiger partial charge in [0.05, 0.1) is 11.1 Å². The number of β-lactam (4-membered cyclic amide) rings is 1. The van der Waals surface area contributed by atoms with Crippen molar-refractivity contribution in [2.24, 2.45) is 5.41 Å². The Balaban J connectivity index is 1.77. The Hall–Kier alpha value is -3.48. The third-order valence-corrected chi connectivity index (χ3v) is 7.65. The summed E-state index contributed by atoms with van der Waals surface area (Å²) in [5.41, 5.74) is 7.29. The zero-order chi connectivity index (χ0) is 30.5. The van der Waals surface area contributed by atoms with Crippen LogP contribution in [0.25, 0.3) is 0 Å². The Morgan fingerprint density at radius 2 is 1.95 bits per heavy atom. The molecule has 3 heterocycles. The molecular weight excluding hydrogens is 587 g/mol. The van der Waals surface area contributed by atoms with E-state index >= 15 is 0 Å². The molecule has 3 rings (SSSR count). The molecule has 15 nitrogen and oxygen atoms in total. The van der Waals surface area contributed by atoms with Gasteiger partial charge in [-0.15, -0.1) is 23.1 Å². The van der Waals surface area contributed by atoms with Crippen molar-refractivity contribution in [1.29, 1.82) is 0 Å². The fourth-order valence-electron chi connectivity index (χ4n) is 3.52. The Bertz CT molecular complexity index is 1220. The first kappa shape index (κ1) is 32.0. The minimum atomic E-state index is -1.28. The lowest BCUT2D eigenvalue weighted by Gasteiger charge is -2.49. The summed E-state index contributed by atoms with van der Waals surface area (Å²) in [7, 11) is 2.96. The van der Waals surface area contributed by atoms with E-state index in [2.05, 4.69) is 20.6 Å². The number of thiazole rings is 1. The van der Waals surface area contributed by atoms with Gasteiger partial charge in [-0.2, -0.15) is 5.48 Å². The molecule has 1 saturated heterocycles. The van der Waals surface area contributed by atoms with E-state index in [1.54, 1.807) is 20.8 Å². The summed E-state index contributed by atoms with van der Waals surface area (Å²) in [5.74, 6) is -2.87. The molecule has 2 aliphatic heterocycles. The van der Waals surface area contributed by atoms with E-state index in [9.17, 15) is 28.4 Å². The number of esters is 2. The number of hydroxylamine groups is 1. The summed E-state index contributed by atoms with van der Waals surface area (Å²) in [6, 6.07) is -2.36. The van der Waals surface area contributed by atoms with Crippen LogP contribution in [-0.4, -0.2) is 96.2 Å². The van der Waals surface area contributed by atoms with Crippen molar-refractivity contribution in [3.05, 3.63) is 22.3 Å². The highest BCUT2D eigenvalue weighted by atomic mass is 32.2. The second kappa shape index (κ2) is 13.5. The van der Waals surface area contributed by atoms with Gasteiger partial charge in [0.25, 0.3) is 5.91 Å². The highest BCUT2D eigenvalue weighted by molar-refractivity contribution is 8.00. The molecule has 0 bridgehead atoms. The molecule has 0 aromatic carbocycles. The number of thioether (sulfide) groups is 1. The van der Waals surface area contributed by atoms with Gasteiger partial charge in [0.15, 0.2) is 11.2 Å². The number of rotatable bonds is 11. The van der Waals surface area contributed by atoms with Crippen LogP contribution in [-0.2, 0) is 38.2 Å². The number of ether oxygens (including phenoxy) is 3. The van der Waals surface area contributed by atoms with Crippen molar-refractivity contribution in [3.63, 3.8) is 0 Å². The predicted molar refractivity (Wildman–Crippen MR) is 143 cm³/mol. The Morgan fingerprint density at radius 1 is 1.24 bits per heavy atom. The number of anilines is 1. The maximum Gasteiger partial charge on any atom is 0.409 e. The third kappa shape index (κ3) is 7.63. The van der Waals surface area contributed by atoms with Gasteiger partial charge in [0.2, 0.25) is 19.6 Å².